The lowest BCUT2D eigenvalue weighted by Crippen LogP contribution is -2.51. The van der Waals surface area contributed by atoms with Gasteiger partial charge in [-0.05, 0) is 30.8 Å². The zero-order valence-electron chi connectivity index (χ0n) is 15.5. The van der Waals surface area contributed by atoms with Crippen molar-refractivity contribution in [2.75, 3.05) is 43.6 Å². The van der Waals surface area contributed by atoms with Gasteiger partial charge in [-0.3, -0.25) is 9.10 Å². The van der Waals surface area contributed by atoms with Gasteiger partial charge in [0.1, 0.15) is 6.54 Å². The van der Waals surface area contributed by atoms with Gasteiger partial charge in [-0.25, -0.2) is 8.42 Å². The van der Waals surface area contributed by atoms with Crippen molar-refractivity contribution < 1.29 is 13.2 Å². The minimum absolute atomic E-state index is 0.172. The van der Waals surface area contributed by atoms with Crippen LogP contribution in [-0.2, 0) is 14.8 Å². The summed E-state index contributed by atoms with van der Waals surface area (Å²) >= 11 is 0. The average Bonchev–Trinajstić information content (AvgIpc) is 2.73. The van der Waals surface area contributed by atoms with E-state index in [1.807, 2.05) is 6.07 Å². The molecule has 0 bridgehead atoms. The van der Waals surface area contributed by atoms with Crippen LogP contribution in [0.3, 0.4) is 0 Å². The molecule has 3 rings (SSSR count). The van der Waals surface area contributed by atoms with Gasteiger partial charge in [0.15, 0.2) is 0 Å². The Morgan fingerprint density at radius 3 is 2.04 bits per heavy atom. The van der Waals surface area contributed by atoms with Crippen LogP contribution < -0.4 is 4.31 Å². The first-order chi connectivity index (χ1) is 13.0. The molecule has 0 spiro atoms. The number of rotatable bonds is 6. The molecule has 144 valence electrons. The highest BCUT2D eigenvalue weighted by molar-refractivity contribution is 7.92. The summed E-state index contributed by atoms with van der Waals surface area (Å²) in [7, 11) is -3.83. The summed E-state index contributed by atoms with van der Waals surface area (Å²) in [6.45, 7) is 5.74. The van der Waals surface area contributed by atoms with Gasteiger partial charge in [-0.1, -0.05) is 43.3 Å². The average molecular weight is 388 g/mol. The van der Waals surface area contributed by atoms with Crippen molar-refractivity contribution in [3.05, 3.63) is 60.7 Å². The predicted octanol–water partition coefficient (Wildman–Crippen LogP) is 2.05. The maximum absolute atomic E-state index is 13.2. The van der Waals surface area contributed by atoms with Crippen LogP contribution in [0.15, 0.2) is 65.6 Å². The van der Waals surface area contributed by atoms with Crippen LogP contribution in [0.5, 0.6) is 0 Å². The molecule has 0 aliphatic carbocycles. The highest BCUT2D eigenvalue weighted by atomic mass is 32.2. The van der Waals surface area contributed by atoms with Crippen molar-refractivity contribution in [1.29, 1.82) is 0 Å². The molecule has 1 heterocycles. The van der Waals surface area contributed by atoms with Crippen LogP contribution in [0.4, 0.5) is 5.69 Å². The zero-order chi connectivity index (χ0) is 19.3. The Balaban J connectivity index is 1.85. The molecule has 0 atom stereocenters. The van der Waals surface area contributed by atoms with Crippen molar-refractivity contribution in [3.63, 3.8) is 0 Å². The van der Waals surface area contributed by atoms with Gasteiger partial charge < -0.3 is 9.80 Å². The Labute approximate surface area is 161 Å². The van der Waals surface area contributed by atoms with Crippen LogP contribution in [0.25, 0.3) is 0 Å². The fourth-order valence-corrected chi connectivity index (χ4v) is 4.60. The van der Waals surface area contributed by atoms with E-state index >= 15 is 0 Å². The fourth-order valence-electron chi connectivity index (χ4n) is 3.17. The molecule has 0 radical (unpaired) electrons. The van der Waals surface area contributed by atoms with Gasteiger partial charge in [0.2, 0.25) is 5.91 Å². The number of piperazine rings is 1. The maximum Gasteiger partial charge on any atom is 0.264 e. The predicted molar refractivity (Wildman–Crippen MR) is 106 cm³/mol. The molecular formula is C20H25N3O3S. The second-order valence-corrected chi connectivity index (χ2v) is 8.34. The lowest BCUT2D eigenvalue weighted by atomic mass is 10.3. The largest absolute Gasteiger partial charge is 0.339 e. The van der Waals surface area contributed by atoms with Crippen LogP contribution in [-0.4, -0.2) is 63.4 Å². The molecule has 0 aromatic heterocycles. The van der Waals surface area contributed by atoms with Gasteiger partial charge in [0.05, 0.1) is 10.6 Å². The van der Waals surface area contributed by atoms with E-state index in [2.05, 4.69) is 11.8 Å². The van der Waals surface area contributed by atoms with Crippen molar-refractivity contribution in [1.82, 2.24) is 9.80 Å². The summed E-state index contributed by atoms with van der Waals surface area (Å²) in [5.41, 5.74) is 0.488. The lowest BCUT2D eigenvalue weighted by molar-refractivity contribution is -0.131. The van der Waals surface area contributed by atoms with E-state index in [1.54, 1.807) is 59.5 Å². The third-order valence-electron chi connectivity index (χ3n) is 4.83. The second kappa shape index (κ2) is 8.54. The van der Waals surface area contributed by atoms with Gasteiger partial charge in [0, 0.05) is 26.2 Å². The van der Waals surface area contributed by atoms with Crippen molar-refractivity contribution >= 4 is 21.6 Å². The quantitative estimate of drug-likeness (QED) is 0.761. The highest BCUT2D eigenvalue weighted by Crippen LogP contribution is 2.23. The van der Waals surface area contributed by atoms with E-state index in [9.17, 15) is 13.2 Å². The molecule has 27 heavy (non-hydrogen) atoms. The maximum atomic E-state index is 13.2. The Bertz CT molecular complexity index is 849. The van der Waals surface area contributed by atoms with Crippen molar-refractivity contribution in [3.8, 4) is 0 Å². The third-order valence-corrected chi connectivity index (χ3v) is 6.61. The van der Waals surface area contributed by atoms with E-state index in [4.69, 9.17) is 0 Å². The first kappa shape index (κ1) is 19.4. The number of benzene rings is 2. The number of sulfonamides is 1. The standard InChI is InChI=1S/C20H25N3O3S/c1-2-21-13-15-22(16-14-21)20(24)17-23(18-9-5-3-6-10-18)27(25,26)19-11-7-4-8-12-19/h3-12H,2,13-17H2,1H3. The summed E-state index contributed by atoms with van der Waals surface area (Å²) in [6, 6.07) is 17.0. The Morgan fingerprint density at radius 1 is 0.926 bits per heavy atom. The molecule has 2 aromatic carbocycles. The van der Waals surface area contributed by atoms with Gasteiger partial charge in [-0.2, -0.15) is 0 Å². The number of para-hydroxylation sites is 1. The van der Waals surface area contributed by atoms with E-state index in [-0.39, 0.29) is 17.3 Å². The molecular weight excluding hydrogens is 362 g/mol. The second-order valence-electron chi connectivity index (χ2n) is 6.48. The van der Waals surface area contributed by atoms with Crippen LogP contribution >= 0.6 is 0 Å². The Morgan fingerprint density at radius 2 is 1.48 bits per heavy atom. The number of carbonyl (C=O) groups is 1. The first-order valence-corrected chi connectivity index (χ1v) is 10.6. The summed E-state index contributed by atoms with van der Waals surface area (Å²) in [5, 5.41) is 0. The van der Waals surface area contributed by atoms with Crippen LogP contribution in [0, 0.1) is 0 Å². The third kappa shape index (κ3) is 4.48. The SMILES string of the molecule is CCN1CCN(C(=O)CN(c2ccccc2)S(=O)(=O)c2ccccc2)CC1. The molecule has 1 saturated heterocycles. The van der Waals surface area contributed by atoms with Crippen molar-refractivity contribution in [2.24, 2.45) is 0 Å². The van der Waals surface area contributed by atoms with Gasteiger partial charge in [-0.15, -0.1) is 0 Å². The molecule has 0 N–H and O–H groups in total. The number of nitrogens with zero attached hydrogens (tertiary/aromatic N) is 3. The molecule has 1 fully saturated rings. The normalized spacial score (nSPS) is 15.5. The van der Waals surface area contributed by atoms with Gasteiger partial charge >= 0.3 is 0 Å². The number of hydrogen-bond acceptors (Lipinski definition) is 4. The molecule has 7 heteroatoms. The van der Waals surface area contributed by atoms with E-state index in [1.165, 1.54) is 4.31 Å². The molecule has 1 aliphatic heterocycles. The van der Waals surface area contributed by atoms with E-state index in [0.717, 1.165) is 19.6 Å². The van der Waals surface area contributed by atoms with Crippen LogP contribution in [0.1, 0.15) is 6.92 Å². The van der Waals surface area contributed by atoms with E-state index in [0.29, 0.717) is 18.8 Å². The topological polar surface area (TPSA) is 60.9 Å². The number of hydrogen-bond donors (Lipinski definition) is 0. The highest BCUT2D eigenvalue weighted by Gasteiger charge is 2.29. The zero-order valence-corrected chi connectivity index (χ0v) is 16.3. The number of anilines is 1. The summed E-state index contributed by atoms with van der Waals surface area (Å²) in [5.74, 6) is -0.172. The van der Waals surface area contributed by atoms with Crippen LogP contribution in [0.2, 0.25) is 0 Å². The Kier molecular flexibility index (Phi) is 6.13. The summed E-state index contributed by atoms with van der Waals surface area (Å²) in [6.07, 6.45) is 0. The minimum Gasteiger partial charge on any atom is -0.339 e. The number of likely N-dealkylation sites (N-methyl/N-ethyl adjacent to an activating group) is 1. The van der Waals surface area contributed by atoms with Gasteiger partial charge in [0.25, 0.3) is 10.0 Å². The summed E-state index contributed by atoms with van der Waals surface area (Å²) in [4.78, 5) is 17.1. The monoisotopic (exact) mass is 387 g/mol. The minimum atomic E-state index is -3.83. The lowest BCUT2D eigenvalue weighted by Gasteiger charge is -2.35. The first-order valence-electron chi connectivity index (χ1n) is 9.15. The molecule has 0 saturated carbocycles. The number of amides is 1. The van der Waals surface area contributed by atoms with E-state index < -0.39 is 10.0 Å². The smallest absolute Gasteiger partial charge is 0.264 e. The molecule has 0 unspecified atom stereocenters. The van der Waals surface area contributed by atoms with Crippen molar-refractivity contribution in [2.45, 2.75) is 11.8 Å². The molecule has 1 amide bonds. The molecule has 1 aliphatic rings. The summed E-state index contributed by atoms with van der Waals surface area (Å²) < 4.78 is 27.6. The molecule has 6 nitrogen and oxygen atoms in total. The molecule has 2 aromatic rings. The Hall–Kier alpha value is -2.38. The number of carbonyl (C=O) groups excluding carboxylic acids is 1. The fraction of sp³-hybridized carbons (Fsp3) is 0.350.